The predicted molar refractivity (Wildman–Crippen MR) is 113 cm³/mol. The number of hydrogen-bond acceptors (Lipinski definition) is 7. The second-order valence-corrected chi connectivity index (χ2v) is 7.93. The fraction of sp³-hybridized carbons (Fsp3) is 0.421. The van der Waals surface area contributed by atoms with Gasteiger partial charge in [0.25, 0.3) is 0 Å². The lowest BCUT2D eigenvalue weighted by atomic mass is 9.93. The van der Waals surface area contributed by atoms with Gasteiger partial charge in [0.1, 0.15) is 0 Å². The Morgan fingerprint density at radius 2 is 2.04 bits per heavy atom. The highest BCUT2D eigenvalue weighted by Gasteiger charge is 2.22. The second-order valence-electron chi connectivity index (χ2n) is 7.53. The van der Waals surface area contributed by atoms with Crippen LogP contribution in [0.5, 0.6) is 0 Å². The molecule has 0 aliphatic heterocycles. The van der Waals surface area contributed by atoms with Crippen molar-refractivity contribution in [1.82, 2.24) is 19.5 Å². The summed E-state index contributed by atoms with van der Waals surface area (Å²) in [5.41, 5.74) is 8.05. The molecular weight excluding hydrogens is 378 g/mol. The van der Waals surface area contributed by atoms with Crippen LogP contribution in [0.4, 0.5) is 17.5 Å². The molecule has 0 spiro atoms. The van der Waals surface area contributed by atoms with Crippen LogP contribution in [0.25, 0.3) is 11.2 Å². The van der Waals surface area contributed by atoms with Crippen molar-refractivity contribution in [1.29, 1.82) is 0 Å². The Hall–Kier alpha value is -2.58. The zero-order valence-electron chi connectivity index (χ0n) is 16.5. The number of para-hydroxylation sites is 1. The van der Waals surface area contributed by atoms with Gasteiger partial charge in [-0.15, -0.1) is 0 Å². The van der Waals surface area contributed by atoms with E-state index in [0.29, 0.717) is 46.7 Å². The molecule has 1 atom stereocenters. The molecule has 0 aliphatic rings. The first-order chi connectivity index (χ1) is 13.2. The van der Waals surface area contributed by atoms with Crippen molar-refractivity contribution >= 4 is 40.2 Å². The van der Waals surface area contributed by atoms with Gasteiger partial charge in [0.15, 0.2) is 17.0 Å². The van der Waals surface area contributed by atoms with Gasteiger partial charge in [-0.3, -0.25) is 0 Å². The number of aliphatic hydroxyl groups is 1. The van der Waals surface area contributed by atoms with Crippen LogP contribution in [-0.4, -0.2) is 36.8 Å². The molecule has 0 fully saturated rings. The topological polar surface area (TPSA) is 114 Å². The van der Waals surface area contributed by atoms with E-state index in [4.69, 9.17) is 17.3 Å². The average Bonchev–Trinajstić information content (AvgIpc) is 3.01. The normalized spacial score (nSPS) is 12.9. The van der Waals surface area contributed by atoms with Crippen molar-refractivity contribution in [3.63, 3.8) is 0 Å². The van der Waals surface area contributed by atoms with Gasteiger partial charge in [-0.2, -0.15) is 9.97 Å². The van der Waals surface area contributed by atoms with Gasteiger partial charge in [-0.25, -0.2) is 4.98 Å². The Labute approximate surface area is 169 Å². The van der Waals surface area contributed by atoms with Crippen LogP contribution >= 0.6 is 11.6 Å². The molecule has 2 aromatic heterocycles. The Kier molecular flexibility index (Phi) is 5.62. The fourth-order valence-corrected chi connectivity index (χ4v) is 2.81. The first kappa shape index (κ1) is 20.2. The molecule has 0 saturated heterocycles. The fourth-order valence-electron chi connectivity index (χ4n) is 2.62. The van der Waals surface area contributed by atoms with Crippen LogP contribution in [0.2, 0.25) is 5.02 Å². The van der Waals surface area contributed by atoms with Crippen molar-refractivity contribution in [2.75, 3.05) is 22.9 Å². The van der Waals surface area contributed by atoms with Crippen molar-refractivity contribution in [3.05, 3.63) is 35.1 Å². The molecule has 0 radical (unpaired) electrons. The maximum absolute atomic E-state index is 10.1. The minimum absolute atomic E-state index is 0.0148. The standard InChI is InChI=1S/C19H26ClN7O/c1-11(19(2,3)28)8-23-18-25-16(15-17(26-18)27(4)10-24-15)22-9-12-6-5-7-13(20)14(12)21/h5-7,10-11,28H,8-9,21H2,1-4H3,(H2,22,23,25,26). The quantitative estimate of drug-likeness (QED) is 0.448. The third kappa shape index (κ3) is 4.28. The number of anilines is 3. The maximum Gasteiger partial charge on any atom is 0.226 e. The summed E-state index contributed by atoms with van der Waals surface area (Å²) in [5.74, 6) is 1.08. The summed E-state index contributed by atoms with van der Waals surface area (Å²) in [6.07, 6.45) is 1.70. The summed E-state index contributed by atoms with van der Waals surface area (Å²) in [5, 5.41) is 17.2. The monoisotopic (exact) mass is 403 g/mol. The van der Waals surface area contributed by atoms with Gasteiger partial charge in [-0.1, -0.05) is 30.7 Å². The van der Waals surface area contributed by atoms with E-state index in [1.54, 1.807) is 26.2 Å². The largest absolute Gasteiger partial charge is 0.397 e. The number of imidazole rings is 1. The number of aromatic nitrogens is 4. The number of nitrogens with two attached hydrogens (primary N) is 1. The summed E-state index contributed by atoms with van der Waals surface area (Å²) in [6.45, 7) is 6.53. The van der Waals surface area contributed by atoms with Crippen molar-refractivity contribution in [2.45, 2.75) is 32.9 Å². The van der Waals surface area contributed by atoms with Gasteiger partial charge in [-0.05, 0) is 25.5 Å². The van der Waals surface area contributed by atoms with Crippen molar-refractivity contribution in [2.24, 2.45) is 13.0 Å². The SMILES string of the molecule is CC(CNc1nc(NCc2cccc(Cl)c2N)c2ncn(C)c2n1)C(C)(C)O. The van der Waals surface area contributed by atoms with Crippen LogP contribution in [0.1, 0.15) is 26.3 Å². The summed E-state index contributed by atoms with van der Waals surface area (Å²) < 4.78 is 1.83. The smallest absolute Gasteiger partial charge is 0.226 e. The lowest BCUT2D eigenvalue weighted by molar-refractivity contribution is 0.0303. The van der Waals surface area contributed by atoms with Crippen LogP contribution in [-0.2, 0) is 13.6 Å². The molecule has 0 amide bonds. The number of halogens is 1. The van der Waals surface area contributed by atoms with Crippen LogP contribution in [0, 0.1) is 5.92 Å². The zero-order chi connectivity index (χ0) is 20.5. The molecule has 3 aromatic rings. The molecule has 0 saturated carbocycles. The molecule has 0 bridgehead atoms. The molecule has 0 aliphatic carbocycles. The Balaban J connectivity index is 1.85. The molecule has 9 heteroatoms. The number of hydrogen-bond donors (Lipinski definition) is 4. The van der Waals surface area contributed by atoms with E-state index in [9.17, 15) is 5.11 Å². The third-order valence-electron chi connectivity index (χ3n) is 4.92. The molecule has 150 valence electrons. The maximum atomic E-state index is 10.1. The van der Waals surface area contributed by atoms with Crippen molar-refractivity contribution < 1.29 is 5.11 Å². The van der Waals surface area contributed by atoms with Gasteiger partial charge in [0, 0.05) is 26.1 Å². The average molecular weight is 404 g/mol. The first-order valence-corrected chi connectivity index (χ1v) is 9.46. The highest BCUT2D eigenvalue weighted by atomic mass is 35.5. The summed E-state index contributed by atoms with van der Waals surface area (Å²) in [6, 6.07) is 5.53. The molecule has 3 rings (SSSR count). The number of nitrogens with zero attached hydrogens (tertiary/aromatic N) is 4. The number of nitrogen functional groups attached to an aromatic ring is 1. The van der Waals surface area contributed by atoms with Crippen LogP contribution < -0.4 is 16.4 Å². The number of fused-ring (bicyclic) bond motifs is 1. The molecule has 1 aromatic carbocycles. The molecule has 28 heavy (non-hydrogen) atoms. The molecule has 8 nitrogen and oxygen atoms in total. The Morgan fingerprint density at radius 1 is 1.29 bits per heavy atom. The first-order valence-electron chi connectivity index (χ1n) is 9.09. The number of rotatable bonds is 7. The van der Waals surface area contributed by atoms with Crippen LogP contribution in [0.15, 0.2) is 24.5 Å². The lowest BCUT2D eigenvalue weighted by Crippen LogP contribution is -2.33. The predicted octanol–water partition coefficient (Wildman–Crippen LogP) is 3.03. The summed E-state index contributed by atoms with van der Waals surface area (Å²) in [7, 11) is 1.88. The molecule has 5 N–H and O–H groups in total. The van der Waals surface area contributed by atoms with Gasteiger partial charge < -0.3 is 26.0 Å². The van der Waals surface area contributed by atoms with E-state index >= 15 is 0 Å². The molecule has 2 heterocycles. The Morgan fingerprint density at radius 3 is 2.75 bits per heavy atom. The Bertz CT molecular complexity index is 980. The second kappa shape index (κ2) is 7.81. The van der Waals surface area contributed by atoms with E-state index in [1.165, 1.54) is 0 Å². The highest BCUT2D eigenvalue weighted by Crippen LogP contribution is 2.25. The van der Waals surface area contributed by atoms with E-state index in [-0.39, 0.29) is 5.92 Å². The number of nitrogens with one attached hydrogen (secondary N) is 2. The van der Waals surface area contributed by atoms with E-state index in [2.05, 4.69) is 25.6 Å². The van der Waals surface area contributed by atoms with E-state index in [0.717, 1.165) is 5.56 Å². The number of aryl methyl sites for hydroxylation is 1. The van der Waals surface area contributed by atoms with E-state index < -0.39 is 5.60 Å². The number of benzene rings is 1. The van der Waals surface area contributed by atoms with Gasteiger partial charge in [0.05, 0.1) is 22.6 Å². The molecule has 1 unspecified atom stereocenters. The van der Waals surface area contributed by atoms with Crippen LogP contribution in [0.3, 0.4) is 0 Å². The summed E-state index contributed by atoms with van der Waals surface area (Å²) >= 11 is 6.10. The highest BCUT2D eigenvalue weighted by molar-refractivity contribution is 6.33. The third-order valence-corrected chi connectivity index (χ3v) is 5.25. The lowest BCUT2D eigenvalue weighted by Gasteiger charge is -2.25. The van der Waals surface area contributed by atoms with Gasteiger partial charge in [0.2, 0.25) is 5.95 Å². The zero-order valence-corrected chi connectivity index (χ0v) is 17.2. The minimum atomic E-state index is -0.797. The van der Waals surface area contributed by atoms with E-state index in [1.807, 2.05) is 30.7 Å². The molecular formula is C19H26ClN7O. The minimum Gasteiger partial charge on any atom is -0.397 e. The van der Waals surface area contributed by atoms with Gasteiger partial charge >= 0.3 is 0 Å². The summed E-state index contributed by atoms with van der Waals surface area (Å²) in [4.78, 5) is 13.5. The van der Waals surface area contributed by atoms with Crippen molar-refractivity contribution in [3.8, 4) is 0 Å².